The molecule has 23 heavy (non-hydrogen) atoms. The highest BCUT2D eigenvalue weighted by molar-refractivity contribution is 14.1. The first-order valence-electron chi connectivity index (χ1n) is 7.23. The lowest BCUT2D eigenvalue weighted by Gasteiger charge is -2.39. The Morgan fingerprint density at radius 1 is 1.09 bits per heavy atom. The zero-order chi connectivity index (χ0) is 17.8. The molecule has 0 aliphatic heterocycles. The van der Waals surface area contributed by atoms with Gasteiger partial charge in [-0.1, -0.05) is 13.8 Å². The van der Waals surface area contributed by atoms with Gasteiger partial charge < -0.3 is 15.1 Å². The van der Waals surface area contributed by atoms with Gasteiger partial charge in [-0.3, -0.25) is 4.79 Å². The van der Waals surface area contributed by atoms with E-state index in [1.54, 1.807) is 38.1 Å². The summed E-state index contributed by atoms with van der Waals surface area (Å²) >= 11 is 2.08. The average Bonchev–Trinajstić information content (AvgIpc) is 2.51. The molecule has 0 spiro atoms. The maximum atomic E-state index is 12.6. The fraction of sp³-hybridized carbons (Fsp3) is 0.438. The number of carbonyl (C=O) groups is 3. The minimum absolute atomic E-state index is 0.255. The number of benzene rings is 1. The summed E-state index contributed by atoms with van der Waals surface area (Å²) in [5, 5.41) is 19.3. The van der Waals surface area contributed by atoms with Gasteiger partial charge in [0.25, 0.3) is 5.91 Å². The third-order valence-corrected chi connectivity index (χ3v) is 4.87. The largest absolute Gasteiger partial charge is 0.479 e. The molecule has 0 aliphatic carbocycles. The molecule has 0 bridgehead atoms. The van der Waals surface area contributed by atoms with Gasteiger partial charge in [0, 0.05) is 22.1 Å². The molecule has 2 N–H and O–H groups in total. The highest BCUT2D eigenvalue weighted by Crippen LogP contribution is 2.32. The second-order valence-electron chi connectivity index (χ2n) is 5.26. The summed E-state index contributed by atoms with van der Waals surface area (Å²) in [6.45, 7) is 3.44. The van der Waals surface area contributed by atoms with Gasteiger partial charge in [0.2, 0.25) is 5.54 Å². The number of carbonyl (C=O) groups excluding carboxylic acids is 1. The molecule has 1 aromatic rings. The molecule has 0 radical (unpaired) electrons. The number of aliphatic carboxylic acids is 2. The first-order chi connectivity index (χ1) is 10.7. The Bertz CT molecular complexity index is 581. The van der Waals surface area contributed by atoms with Crippen molar-refractivity contribution in [2.24, 2.45) is 5.92 Å². The van der Waals surface area contributed by atoms with Crippen molar-refractivity contribution < 1.29 is 24.6 Å². The number of hydrogen-bond donors (Lipinski definition) is 2. The minimum atomic E-state index is -2.29. The van der Waals surface area contributed by atoms with Crippen LogP contribution in [0.25, 0.3) is 0 Å². The zero-order valence-corrected chi connectivity index (χ0v) is 15.4. The van der Waals surface area contributed by atoms with Gasteiger partial charge in [-0.2, -0.15) is 0 Å². The summed E-state index contributed by atoms with van der Waals surface area (Å²) in [5.41, 5.74) is -2.03. The molecule has 1 aromatic carbocycles. The second-order valence-corrected chi connectivity index (χ2v) is 6.51. The minimum Gasteiger partial charge on any atom is -0.479 e. The van der Waals surface area contributed by atoms with Crippen molar-refractivity contribution in [2.45, 2.75) is 32.2 Å². The molecule has 0 heterocycles. The number of likely N-dealkylation sites (N-methyl/N-ethyl adjacent to an activating group) is 1. The number of carboxylic acid groups (broad SMARTS) is 2. The number of carboxylic acids is 2. The van der Waals surface area contributed by atoms with Crippen LogP contribution < -0.4 is 0 Å². The van der Waals surface area contributed by atoms with E-state index in [-0.39, 0.29) is 5.56 Å². The van der Waals surface area contributed by atoms with Gasteiger partial charge in [-0.25, -0.2) is 9.59 Å². The van der Waals surface area contributed by atoms with E-state index in [9.17, 15) is 24.6 Å². The van der Waals surface area contributed by atoms with E-state index in [0.29, 0.717) is 12.8 Å². The molecule has 1 rings (SSSR count). The lowest BCUT2D eigenvalue weighted by molar-refractivity contribution is -0.169. The fourth-order valence-electron chi connectivity index (χ4n) is 2.83. The number of hydrogen-bond acceptors (Lipinski definition) is 3. The van der Waals surface area contributed by atoms with Crippen molar-refractivity contribution in [1.29, 1.82) is 0 Å². The average molecular weight is 433 g/mol. The van der Waals surface area contributed by atoms with Crippen LogP contribution in [0, 0.1) is 9.49 Å². The molecule has 126 valence electrons. The van der Waals surface area contributed by atoms with Crippen molar-refractivity contribution in [3.63, 3.8) is 0 Å². The quantitative estimate of drug-likeness (QED) is 0.510. The smallest absolute Gasteiger partial charge is 0.341 e. The highest BCUT2D eigenvalue weighted by atomic mass is 127. The van der Waals surface area contributed by atoms with E-state index >= 15 is 0 Å². The Labute approximate surface area is 148 Å². The van der Waals surface area contributed by atoms with Crippen molar-refractivity contribution in [1.82, 2.24) is 4.90 Å². The van der Waals surface area contributed by atoms with E-state index in [0.717, 1.165) is 8.47 Å². The topological polar surface area (TPSA) is 94.9 Å². The Hall–Kier alpha value is -1.64. The lowest BCUT2D eigenvalue weighted by atomic mass is 9.78. The highest BCUT2D eigenvalue weighted by Gasteiger charge is 2.56. The molecule has 1 amide bonds. The van der Waals surface area contributed by atoms with Crippen LogP contribution in [0.2, 0.25) is 0 Å². The van der Waals surface area contributed by atoms with E-state index in [1.807, 2.05) is 0 Å². The Balaban J connectivity index is 3.41. The summed E-state index contributed by atoms with van der Waals surface area (Å²) in [5.74, 6) is -4.38. The lowest BCUT2D eigenvalue weighted by Crippen LogP contribution is -2.64. The van der Waals surface area contributed by atoms with Crippen LogP contribution in [-0.2, 0) is 9.59 Å². The molecule has 0 aromatic heterocycles. The molecule has 6 nitrogen and oxygen atoms in total. The zero-order valence-electron chi connectivity index (χ0n) is 13.2. The van der Waals surface area contributed by atoms with E-state index in [4.69, 9.17) is 0 Å². The molecule has 0 saturated carbocycles. The predicted molar refractivity (Wildman–Crippen MR) is 93.3 cm³/mol. The summed E-state index contributed by atoms with van der Waals surface area (Å²) in [7, 11) is 1.24. The van der Waals surface area contributed by atoms with Crippen LogP contribution in [0.1, 0.15) is 37.0 Å². The van der Waals surface area contributed by atoms with Crippen LogP contribution in [0.3, 0.4) is 0 Å². The van der Waals surface area contributed by atoms with E-state index < -0.39 is 29.3 Å². The van der Waals surface area contributed by atoms with Gasteiger partial charge >= 0.3 is 11.9 Å². The summed E-state index contributed by atoms with van der Waals surface area (Å²) in [6.07, 6.45) is 0.665. The van der Waals surface area contributed by atoms with Crippen molar-refractivity contribution in [3.8, 4) is 0 Å². The maximum Gasteiger partial charge on any atom is 0.341 e. The number of halogens is 1. The van der Waals surface area contributed by atoms with Gasteiger partial charge in [-0.15, -0.1) is 0 Å². The third-order valence-electron chi connectivity index (χ3n) is 4.15. The first kappa shape index (κ1) is 19.4. The van der Waals surface area contributed by atoms with Gasteiger partial charge in [0.15, 0.2) is 0 Å². The number of amides is 1. The van der Waals surface area contributed by atoms with Gasteiger partial charge in [0.05, 0.1) is 0 Å². The second kappa shape index (κ2) is 7.76. The Kier molecular flexibility index (Phi) is 6.55. The first-order valence-corrected chi connectivity index (χ1v) is 8.31. The third kappa shape index (κ3) is 3.49. The van der Waals surface area contributed by atoms with Crippen LogP contribution in [0.5, 0.6) is 0 Å². The molecule has 0 fully saturated rings. The van der Waals surface area contributed by atoms with Crippen LogP contribution in [0.4, 0.5) is 0 Å². The maximum absolute atomic E-state index is 12.6. The van der Waals surface area contributed by atoms with Crippen LogP contribution in [-0.4, -0.2) is 45.5 Å². The SMILES string of the molecule is CCC(CC)C(C(=O)O)(C(=O)O)N(C)C(=O)c1ccc(I)cc1. The molecule has 0 atom stereocenters. The van der Waals surface area contributed by atoms with Gasteiger partial charge in [0.1, 0.15) is 0 Å². The van der Waals surface area contributed by atoms with Crippen molar-refractivity contribution >= 4 is 40.4 Å². The molecule has 0 saturated heterocycles. The Morgan fingerprint density at radius 2 is 1.52 bits per heavy atom. The monoisotopic (exact) mass is 433 g/mol. The van der Waals surface area contributed by atoms with Gasteiger partial charge in [-0.05, 0) is 59.7 Å². The standard InChI is InChI=1S/C16H20INO5/c1-4-11(5-2)16(14(20)21,15(22)23)18(3)13(19)10-6-8-12(17)9-7-10/h6-9,11H,4-5H2,1-3H3,(H,20,21)(H,22,23). The predicted octanol–water partition coefficient (Wildman–Crippen LogP) is 2.71. The molecular formula is C16H20INO5. The molecular weight excluding hydrogens is 413 g/mol. The fourth-order valence-corrected chi connectivity index (χ4v) is 3.19. The Morgan fingerprint density at radius 3 is 1.87 bits per heavy atom. The number of rotatable bonds is 7. The normalized spacial score (nSPS) is 11.3. The summed E-state index contributed by atoms with van der Waals surface area (Å²) in [6, 6.07) is 6.54. The summed E-state index contributed by atoms with van der Waals surface area (Å²) in [4.78, 5) is 37.2. The van der Waals surface area contributed by atoms with Crippen LogP contribution in [0.15, 0.2) is 24.3 Å². The molecule has 7 heteroatoms. The van der Waals surface area contributed by atoms with Crippen LogP contribution >= 0.6 is 22.6 Å². The number of nitrogens with zero attached hydrogens (tertiary/aromatic N) is 1. The van der Waals surface area contributed by atoms with E-state index in [2.05, 4.69) is 22.6 Å². The van der Waals surface area contributed by atoms with E-state index in [1.165, 1.54) is 7.05 Å². The summed E-state index contributed by atoms with van der Waals surface area (Å²) < 4.78 is 0.921. The van der Waals surface area contributed by atoms with Crippen molar-refractivity contribution in [2.75, 3.05) is 7.05 Å². The molecule has 0 aliphatic rings. The van der Waals surface area contributed by atoms with Crippen molar-refractivity contribution in [3.05, 3.63) is 33.4 Å². The molecule has 0 unspecified atom stereocenters.